The van der Waals surface area contributed by atoms with E-state index in [0.29, 0.717) is 24.0 Å². The van der Waals surface area contributed by atoms with Gasteiger partial charge in [0.2, 0.25) is 5.91 Å². The molecule has 2 aliphatic rings. The van der Waals surface area contributed by atoms with Gasteiger partial charge in [-0.05, 0) is 57.0 Å². The Bertz CT molecular complexity index is 840. The van der Waals surface area contributed by atoms with Crippen LogP contribution in [0.25, 0.3) is 10.6 Å². The summed E-state index contributed by atoms with van der Waals surface area (Å²) in [6.45, 7) is 4.20. The molecule has 2 fully saturated rings. The van der Waals surface area contributed by atoms with E-state index in [9.17, 15) is 4.79 Å². The maximum atomic E-state index is 12.8. The molecular weight excluding hydrogens is 386 g/mol. The predicted octanol–water partition coefficient (Wildman–Crippen LogP) is 3.46. The van der Waals surface area contributed by atoms with Crippen molar-refractivity contribution in [2.45, 2.75) is 38.1 Å². The summed E-state index contributed by atoms with van der Waals surface area (Å²) in [7, 11) is 3.25. The van der Waals surface area contributed by atoms with Crippen molar-refractivity contribution in [1.82, 2.24) is 14.8 Å². The topological polar surface area (TPSA) is 54.9 Å². The van der Waals surface area contributed by atoms with Crippen LogP contribution in [0.1, 0.15) is 31.4 Å². The highest BCUT2D eigenvalue weighted by atomic mass is 32.1. The number of thiazole rings is 1. The lowest BCUT2D eigenvalue weighted by atomic mass is 10.0. The van der Waals surface area contributed by atoms with Gasteiger partial charge in [0.1, 0.15) is 5.01 Å². The molecule has 29 heavy (non-hydrogen) atoms. The number of rotatable bonds is 6. The number of hydrogen-bond acceptors (Lipinski definition) is 6. The Labute approximate surface area is 176 Å². The molecule has 0 N–H and O–H groups in total. The summed E-state index contributed by atoms with van der Waals surface area (Å²) in [5.74, 6) is 1.56. The molecule has 0 atom stereocenters. The number of hydrogen-bond donors (Lipinski definition) is 0. The number of ether oxygens (including phenoxy) is 2. The lowest BCUT2D eigenvalue weighted by Crippen LogP contribution is -2.46. The van der Waals surface area contributed by atoms with Crippen molar-refractivity contribution < 1.29 is 14.3 Å². The van der Waals surface area contributed by atoms with Crippen molar-refractivity contribution in [3.05, 3.63) is 29.3 Å². The maximum absolute atomic E-state index is 12.8. The van der Waals surface area contributed by atoms with Crippen LogP contribution in [0.15, 0.2) is 23.6 Å². The molecule has 1 aromatic heterocycles. The standard InChI is InChI=1S/C22H29N3O3S/c1-27-19-6-5-16(13-20(19)28-2)22-23-17(15-29-22)14-21(26)25-11-7-18(8-12-25)24-9-3-4-10-24/h5-6,13,15,18H,3-4,7-12,14H2,1-2H3. The molecule has 4 rings (SSSR count). The smallest absolute Gasteiger partial charge is 0.228 e. The monoisotopic (exact) mass is 415 g/mol. The van der Waals surface area contributed by atoms with E-state index in [1.165, 1.54) is 25.9 Å². The first-order valence-electron chi connectivity index (χ1n) is 10.4. The zero-order valence-electron chi connectivity index (χ0n) is 17.2. The van der Waals surface area contributed by atoms with Crippen molar-refractivity contribution in [3.8, 4) is 22.1 Å². The van der Waals surface area contributed by atoms with Gasteiger partial charge in [-0.1, -0.05) is 0 Å². The van der Waals surface area contributed by atoms with Gasteiger partial charge in [-0.15, -0.1) is 11.3 Å². The highest BCUT2D eigenvalue weighted by Gasteiger charge is 2.28. The van der Waals surface area contributed by atoms with Gasteiger partial charge < -0.3 is 19.3 Å². The van der Waals surface area contributed by atoms with Crippen molar-refractivity contribution in [1.29, 1.82) is 0 Å². The van der Waals surface area contributed by atoms with Crippen molar-refractivity contribution in [2.75, 3.05) is 40.4 Å². The number of likely N-dealkylation sites (tertiary alicyclic amines) is 2. The minimum atomic E-state index is 0.189. The van der Waals surface area contributed by atoms with E-state index < -0.39 is 0 Å². The SMILES string of the molecule is COc1ccc(-c2nc(CC(=O)N3CCC(N4CCCC4)CC3)cs2)cc1OC. The average Bonchev–Trinajstić information content (AvgIpc) is 3.46. The molecule has 0 aliphatic carbocycles. The van der Waals surface area contributed by atoms with Gasteiger partial charge in [-0.2, -0.15) is 0 Å². The second kappa shape index (κ2) is 9.13. The molecule has 0 radical (unpaired) electrons. The minimum absolute atomic E-state index is 0.189. The lowest BCUT2D eigenvalue weighted by Gasteiger charge is -2.36. The molecule has 6 nitrogen and oxygen atoms in total. The summed E-state index contributed by atoms with van der Waals surface area (Å²) < 4.78 is 10.7. The molecule has 2 saturated heterocycles. The van der Waals surface area contributed by atoms with Crippen LogP contribution in [-0.2, 0) is 11.2 Å². The summed E-state index contributed by atoms with van der Waals surface area (Å²) >= 11 is 1.56. The van der Waals surface area contributed by atoms with Crippen LogP contribution in [0, 0.1) is 0 Å². The molecule has 3 heterocycles. The van der Waals surface area contributed by atoms with Gasteiger partial charge in [0.15, 0.2) is 11.5 Å². The summed E-state index contributed by atoms with van der Waals surface area (Å²) in [4.78, 5) is 22.1. The van der Waals surface area contributed by atoms with Crippen LogP contribution < -0.4 is 9.47 Å². The number of piperidine rings is 1. The molecule has 156 valence electrons. The van der Waals surface area contributed by atoms with E-state index in [2.05, 4.69) is 4.90 Å². The molecule has 7 heteroatoms. The third kappa shape index (κ3) is 4.56. The number of benzene rings is 1. The molecular formula is C22H29N3O3S. The Morgan fingerprint density at radius 2 is 1.83 bits per heavy atom. The van der Waals surface area contributed by atoms with Crippen LogP contribution in [0.5, 0.6) is 11.5 Å². The lowest BCUT2D eigenvalue weighted by molar-refractivity contribution is -0.132. The zero-order chi connectivity index (χ0) is 20.2. The number of carbonyl (C=O) groups excluding carboxylic acids is 1. The van der Waals surface area contributed by atoms with Gasteiger partial charge in [0, 0.05) is 30.1 Å². The molecule has 0 bridgehead atoms. The Hall–Kier alpha value is -2.12. The third-order valence-corrected chi connectivity index (χ3v) is 6.93. The summed E-state index contributed by atoms with van der Waals surface area (Å²) in [6.07, 6.45) is 5.22. The summed E-state index contributed by atoms with van der Waals surface area (Å²) in [5.41, 5.74) is 1.81. The quantitative estimate of drug-likeness (QED) is 0.723. The largest absolute Gasteiger partial charge is 0.493 e. The number of methoxy groups -OCH3 is 2. The molecule has 2 aromatic rings. The van der Waals surface area contributed by atoms with E-state index in [1.807, 2.05) is 28.5 Å². The fourth-order valence-electron chi connectivity index (χ4n) is 4.34. The molecule has 0 spiro atoms. The second-order valence-corrected chi connectivity index (χ2v) is 8.60. The fraction of sp³-hybridized carbons (Fsp3) is 0.545. The van der Waals surface area contributed by atoms with Crippen LogP contribution in [0.4, 0.5) is 0 Å². The third-order valence-electron chi connectivity index (χ3n) is 5.99. The van der Waals surface area contributed by atoms with Crippen molar-refractivity contribution in [2.24, 2.45) is 0 Å². The molecule has 1 aromatic carbocycles. The highest BCUT2D eigenvalue weighted by molar-refractivity contribution is 7.13. The fourth-order valence-corrected chi connectivity index (χ4v) is 5.16. The molecule has 1 amide bonds. The van der Waals surface area contributed by atoms with E-state index in [0.717, 1.165) is 42.2 Å². The minimum Gasteiger partial charge on any atom is -0.493 e. The first-order valence-corrected chi connectivity index (χ1v) is 11.2. The Morgan fingerprint density at radius 3 is 2.52 bits per heavy atom. The average molecular weight is 416 g/mol. The molecule has 2 aliphatic heterocycles. The summed E-state index contributed by atoms with van der Waals surface area (Å²) in [6, 6.07) is 6.43. The second-order valence-electron chi connectivity index (χ2n) is 7.75. The maximum Gasteiger partial charge on any atom is 0.228 e. The number of nitrogens with zero attached hydrogens (tertiary/aromatic N) is 3. The first-order chi connectivity index (χ1) is 14.2. The van der Waals surface area contributed by atoms with Gasteiger partial charge in [-0.25, -0.2) is 4.98 Å². The Kier molecular flexibility index (Phi) is 6.35. The van der Waals surface area contributed by atoms with E-state index in [-0.39, 0.29) is 5.91 Å². The highest BCUT2D eigenvalue weighted by Crippen LogP contribution is 2.33. The Balaban J connectivity index is 1.35. The van der Waals surface area contributed by atoms with Crippen LogP contribution in [-0.4, -0.2) is 67.1 Å². The Morgan fingerprint density at radius 1 is 1.10 bits per heavy atom. The van der Waals surface area contributed by atoms with Gasteiger partial charge in [-0.3, -0.25) is 4.79 Å². The zero-order valence-corrected chi connectivity index (χ0v) is 18.0. The van der Waals surface area contributed by atoms with Crippen molar-refractivity contribution in [3.63, 3.8) is 0 Å². The normalized spacial score (nSPS) is 18.2. The van der Waals surface area contributed by atoms with Gasteiger partial charge in [0.05, 0.1) is 26.3 Å². The van der Waals surface area contributed by atoms with Crippen LogP contribution >= 0.6 is 11.3 Å². The first kappa shape index (κ1) is 20.2. The number of carbonyl (C=O) groups is 1. The molecule has 0 unspecified atom stereocenters. The van der Waals surface area contributed by atoms with Crippen LogP contribution in [0.2, 0.25) is 0 Å². The van der Waals surface area contributed by atoms with Gasteiger partial charge in [0.25, 0.3) is 0 Å². The summed E-state index contributed by atoms with van der Waals surface area (Å²) in [5, 5.41) is 2.88. The predicted molar refractivity (Wildman–Crippen MR) is 115 cm³/mol. The molecule has 0 saturated carbocycles. The van der Waals surface area contributed by atoms with E-state index >= 15 is 0 Å². The number of amides is 1. The van der Waals surface area contributed by atoms with E-state index in [4.69, 9.17) is 14.5 Å². The van der Waals surface area contributed by atoms with Crippen LogP contribution in [0.3, 0.4) is 0 Å². The van der Waals surface area contributed by atoms with Gasteiger partial charge >= 0.3 is 0 Å². The number of aromatic nitrogens is 1. The van der Waals surface area contributed by atoms with E-state index in [1.54, 1.807) is 25.6 Å². The van der Waals surface area contributed by atoms with Crippen molar-refractivity contribution >= 4 is 17.2 Å².